The van der Waals surface area contributed by atoms with Crippen molar-refractivity contribution in [1.82, 2.24) is 0 Å². The molecule has 1 aromatic carbocycles. The van der Waals surface area contributed by atoms with E-state index < -0.39 is 23.2 Å². The highest BCUT2D eigenvalue weighted by molar-refractivity contribution is 14.1. The number of benzene rings is 1. The van der Waals surface area contributed by atoms with Gasteiger partial charge in [0.1, 0.15) is 11.6 Å². The molecule has 13 heavy (non-hydrogen) atoms. The third kappa shape index (κ3) is 1.79. The molecule has 0 aliphatic rings. The van der Waals surface area contributed by atoms with Crippen molar-refractivity contribution in [1.29, 1.82) is 0 Å². The fourth-order valence-corrected chi connectivity index (χ4v) is 1.60. The van der Waals surface area contributed by atoms with Crippen molar-refractivity contribution in [3.63, 3.8) is 0 Å². The summed E-state index contributed by atoms with van der Waals surface area (Å²) >= 11 is 1.62. The predicted molar refractivity (Wildman–Crippen MR) is 50.8 cm³/mol. The molecule has 70 valence electrons. The van der Waals surface area contributed by atoms with E-state index in [0.29, 0.717) is 0 Å². The quantitative estimate of drug-likeness (QED) is 0.639. The summed E-state index contributed by atoms with van der Waals surface area (Å²) in [4.78, 5) is 10.5. The van der Waals surface area contributed by atoms with Gasteiger partial charge >= 0.3 is 5.97 Å². The summed E-state index contributed by atoms with van der Waals surface area (Å²) in [7, 11) is 0. The maximum Gasteiger partial charge on any atom is 0.338 e. The second-order valence-corrected chi connectivity index (χ2v) is 3.63. The van der Waals surface area contributed by atoms with E-state index in [1.165, 1.54) is 6.92 Å². The van der Waals surface area contributed by atoms with Crippen LogP contribution in [0.2, 0.25) is 0 Å². The van der Waals surface area contributed by atoms with Crippen LogP contribution in [-0.2, 0) is 0 Å². The van der Waals surface area contributed by atoms with Crippen LogP contribution in [0.25, 0.3) is 0 Å². The van der Waals surface area contributed by atoms with Gasteiger partial charge < -0.3 is 5.11 Å². The highest BCUT2D eigenvalue weighted by Crippen LogP contribution is 2.21. The van der Waals surface area contributed by atoms with Gasteiger partial charge in [0.15, 0.2) is 0 Å². The monoisotopic (exact) mass is 298 g/mol. The molecule has 0 spiro atoms. The summed E-state index contributed by atoms with van der Waals surface area (Å²) in [5.41, 5.74) is -0.757. The van der Waals surface area contributed by atoms with Crippen molar-refractivity contribution in [2.75, 3.05) is 0 Å². The van der Waals surface area contributed by atoms with Gasteiger partial charge in [0, 0.05) is 5.56 Å². The molecule has 0 aromatic heterocycles. The van der Waals surface area contributed by atoms with Crippen molar-refractivity contribution in [2.24, 2.45) is 0 Å². The zero-order valence-electron chi connectivity index (χ0n) is 6.57. The van der Waals surface area contributed by atoms with Gasteiger partial charge in [0.25, 0.3) is 0 Å². The Morgan fingerprint density at radius 2 is 2.00 bits per heavy atom. The Labute approximate surface area is 86.7 Å². The fourth-order valence-electron chi connectivity index (χ4n) is 0.887. The van der Waals surface area contributed by atoms with E-state index in [-0.39, 0.29) is 9.13 Å². The first-order valence-corrected chi connectivity index (χ1v) is 4.40. The Kier molecular flexibility index (Phi) is 2.84. The highest BCUT2D eigenvalue weighted by atomic mass is 127. The number of halogens is 3. The normalized spacial score (nSPS) is 10.2. The number of hydrogen-bond acceptors (Lipinski definition) is 1. The zero-order valence-corrected chi connectivity index (χ0v) is 8.72. The molecule has 0 fully saturated rings. The van der Waals surface area contributed by atoms with E-state index in [4.69, 9.17) is 5.11 Å². The van der Waals surface area contributed by atoms with Crippen molar-refractivity contribution < 1.29 is 18.7 Å². The van der Waals surface area contributed by atoms with Crippen molar-refractivity contribution in [2.45, 2.75) is 6.92 Å². The van der Waals surface area contributed by atoms with Crippen molar-refractivity contribution >= 4 is 28.6 Å². The molecule has 0 aliphatic heterocycles. The minimum Gasteiger partial charge on any atom is -0.478 e. The van der Waals surface area contributed by atoms with Crippen LogP contribution in [0.3, 0.4) is 0 Å². The van der Waals surface area contributed by atoms with Gasteiger partial charge in [-0.3, -0.25) is 0 Å². The average molecular weight is 298 g/mol. The van der Waals surface area contributed by atoms with Gasteiger partial charge in [-0.15, -0.1) is 0 Å². The lowest BCUT2D eigenvalue weighted by molar-refractivity contribution is 0.0691. The first-order valence-electron chi connectivity index (χ1n) is 3.32. The third-order valence-electron chi connectivity index (χ3n) is 1.61. The van der Waals surface area contributed by atoms with E-state index in [1.807, 2.05) is 0 Å². The summed E-state index contributed by atoms with van der Waals surface area (Å²) in [5.74, 6) is -3.10. The summed E-state index contributed by atoms with van der Waals surface area (Å²) in [6.45, 7) is 1.21. The Bertz CT molecular complexity index is 377. The number of carboxylic acids is 1. The zero-order chi connectivity index (χ0) is 10.2. The molecule has 0 unspecified atom stereocenters. The van der Waals surface area contributed by atoms with Gasteiger partial charge in [-0.2, -0.15) is 0 Å². The Morgan fingerprint density at radius 1 is 1.46 bits per heavy atom. The van der Waals surface area contributed by atoms with Crippen LogP contribution in [0.15, 0.2) is 6.07 Å². The second-order valence-electron chi connectivity index (χ2n) is 2.46. The molecule has 0 bridgehead atoms. The van der Waals surface area contributed by atoms with E-state index in [1.54, 1.807) is 22.6 Å². The lowest BCUT2D eigenvalue weighted by Crippen LogP contribution is -2.05. The molecule has 0 saturated carbocycles. The van der Waals surface area contributed by atoms with Crippen molar-refractivity contribution in [3.8, 4) is 0 Å². The summed E-state index contributed by atoms with van der Waals surface area (Å²) in [5, 5.41) is 8.54. The van der Waals surface area contributed by atoms with E-state index in [0.717, 1.165) is 6.07 Å². The van der Waals surface area contributed by atoms with E-state index >= 15 is 0 Å². The van der Waals surface area contributed by atoms with Crippen LogP contribution in [-0.4, -0.2) is 11.1 Å². The van der Waals surface area contributed by atoms with Crippen LogP contribution in [0, 0.1) is 22.1 Å². The van der Waals surface area contributed by atoms with Gasteiger partial charge in [-0.1, -0.05) is 0 Å². The van der Waals surface area contributed by atoms with Crippen LogP contribution in [0.5, 0.6) is 0 Å². The van der Waals surface area contributed by atoms with Crippen LogP contribution in [0.1, 0.15) is 15.9 Å². The van der Waals surface area contributed by atoms with Gasteiger partial charge in [-0.05, 0) is 35.6 Å². The van der Waals surface area contributed by atoms with Gasteiger partial charge in [-0.25, -0.2) is 13.6 Å². The fraction of sp³-hybridized carbons (Fsp3) is 0.125. The summed E-state index contributed by atoms with van der Waals surface area (Å²) in [6, 6.07) is 0.973. The smallest absolute Gasteiger partial charge is 0.338 e. The Morgan fingerprint density at radius 3 is 2.46 bits per heavy atom. The molecule has 0 heterocycles. The van der Waals surface area contributed by atoms with E-state index in [9.17, 15) is 13.6 Å². The molecule has 0 aliphatic carbocycles. The molecule has 1 rings (SSSR count). The minimum absolute atomic E-state index is 0.105. The molecule has 0 saturated heterocycles. The molecule has 2 nitrogen and oxygen atoms in total. The van der Waals surface area contributed by atoms with Crippen molar-refractivity contribution in [3.05, 3.63) is 32.4 Å². The molecule has 1 aromatic rings. The standard InChI is InChI=1S/C8H5F2IO2/c1-3-6(9)4(8(12)13)2-5(11)7(3)10/h2H,1H3,(H,12,13). The molecule has 0 amide bonds. The first kappa shape index (κ1) is 10.4. The van der Waals surface area contributed by atoms with Gasteiger partial charge in [0.05, 0.1) is 9.13 Å². The summed E-state index contributed by atoms with van der Waals surface area (Å²) in [6.07, 6.45) is 0. The molecule has 5 heteroatoms. The molecule has 0 atom stereocenters. The molecule has 0 radical (unpaired) electrons. The van der Waals surface area contributed by atoms with E-state index in [2.05, 4.69) is 0 Å². The molecular weight excluding hydrogens is 293 g/mol. The minimum atomic E-state index is -1.39. The SMILES string of the molecule is Cc1c(F)c(I)cc(C(=O)O)c1F. The molecular formula is C8H5F2IO2. The van der Waals surface area contributed by atoms with Crippen LogP contribution in [0.4, 0.5) is 8.78 Å². The van der Waals surface area contributed by atoms with Gasteiger partial charge in [0.2, 0.25) is 0 Å². The number of hydrogen-bond donors (Lipinski definition) is 1. The number of carbonyl (C=O) groups is 1. The maximum atomic E-state index is 13.1. The predicted octanol–water partition coefficient (Wildman–Crippen LogP) is 2.58. The summed E-state index contributed by atoms with van der Waals surface area (Å²) < 4.78 is 26.2. The maximum absolute atomic E-state index is 13.1. The Hall–Kier alpha value is -0.720. The Balaban J connectivity index is 3.50. The topological polar surface area (TPSA) is 37.3 Å². The lowest BCUT2D eigenvalue weighted by Gasteiger charge is -2.04. The second kappa shape index (κ2) is 3.57. The van der Waals surface area contributed by atoms with Crippen LogP contribution < -0.4 is 0 Å². The largest absolute Gasteiger partial charge is 0.478 e. The number of rotatable bonds is 1. The average Bonchev–Trinajstić information content (AvgIpc) is 2.07. The van der Waals surface area contributed by atoms with Crippen LogP contribution >= 0.6 is 22.6 Å². The number of aromatic carboxylic acids is 1. The first-order chi connectivity index (χ1) is 5.95. The highest BCUT2D eigenvalue weighted by Gasteiger charge is 2.17. The number of carboxylic acid groups (broad SMARTS) is 1. The third-order valence-corrected chi connectivity index (χ3v) is 2.39. The molecule has 1 N–H and O–H groups in total. The lowest BCUT2D eigenvalue weighted by atomic mass is 10.1.